The van der Waals surface area contributed by atoms with Gasteiger partial charge in [-0.05, 0) is 41.6 Å². The van der Waals surface area contributed by atoms with E-state index in [4.69, 9.17) is 0 Å². The molecular weight excluding hydrogens is 328 g/mol. The van der Waals surface area contributed by atoms with E-state index in [1.54, 1.807) is 11.0 Å². The first-order valence-electron chi connectivity index (χ1n) is 8.34. The Morgan fingerprint density at radius 1 is 0.962 bits per heavy atom. The van der Waals surface area contributed by atoms with Crippen molar-refractivity contribution in [2.24, 2.45) is 0 Å². The zero-order valence-corrected chi connectivity index (χ0v) is 14.3. The van der Waals surface area contributed by atoms with Crippen molar-refractivity contribution in [3.63, 3.8) is 0 Å². The number of benzene rings is 2. The van der Waals surface area contributed by atoms with Crippen LogP contribution in [0.2, 0.25) is 0 Å². The van der Waals surface area contributed by atoms with Crippen LogP contribution in [0.1, 0.15) is 5.56 Å². The minimum atomic E-state index is 0.599. The van der Waals surface area contributed by atoms with E-state index in [2.05, 4.69) is 49.1 Å². The highest BCUT2D eigenvalue weighted by Crippen LogP contribution is 2.20. The topological polar surface area (TPSA) is 93.4 Å². The lowest BCUT2D eigenvalue weighted by atomic mass is 10.1. The van der Waals surface area contributed by atoms with Crippen LogP contribution in [0.3, 0.4) is 0 Å². The van der Waals surface area contributed by atoms with Gasteiger partial charge >= 0.3 is 0 Å². The number of hydrogen-bond acceptors (Lipinski definition) is 7. The molecular formula is C18H18N8. The Morgan fingerprint density at radius 2 is 1.81 bits per heavy atom. The standard InChI is InChI=1S/C18H18N8/c1-13-7-8-16-15(11-13)17(22-12-21-16)19-9-10-20-18-23-24-25-26(18)14-5-3-2-4-6-14/h2-8,11-12H,9-10H2,1H3,(H,19,21,22)(H,20,23,25). The van der Waals surface area contributed by atoms with Crippen LogP contribution in [-0.2, 0) is 0 Å². The van der Waals surface area contributed by atoms with Crippen molar-refractivity contribution in [1.82, 2.24) is 30.2 Å². The average Bonchev–Trinajstić information content (AvgIpc) is 3.14. The number of tetrazole rings is 1. The molecule has 0 saturated carbocycles. The van der Waals surface area contributed by atoms with Crippen LogP contribution in [0, 0.1) is 6.92 Å². The van der Waals surface area contributed by atoms with Crippen molar-refractivity contribution in [3.8, 4) is 5.69 Å². The zero-order valence-electron chi connectivity index (χ0n) is 14.3. The van der Waals surface area contributed by atoms with Gasteiger partial charge in [0.1, 0.15) is 12.1 Å². The summed E-state index contributed by atoms with van der Waals surface area (Å²) in [7, 11) is 0. The lowest BCUT2D eigenvalue weighted by molar-refractivity contribution is 0.789. The van der Waals surface area contributed by atoms with Crippen molar-refractivity contribution in [2.45, 2.75) is 6.92 Å². The van der Waals surface area contributed by atoms with Crippen LogP contribution in [0.25, 0.3) is 16.6 Å². The third-order valence-electron chi connectivity index (χ3n) is 3.96. The maximum absolute atomic E-state index is 4.35. The molecule has 26 heavy (non-hydrogen) atoms. The first-order chi connectivity index (χ1) is 12.8. The minimum Gasteiger partial charge on any atom is -0.368 e. The first-order valence-corrected chi connectivity index (χ1v) is 8.34. The number of rotatable bonds is 6. The first kappa shape index (κ1) is 15.9. The monoisotopic (exact) mass is 346 g/mol. The summed E-state index contributed by atoms with van der Waals surface area (Å²) in [5.74, 6) is 1.42. The number of para-hydroxylation sites is 1. The molecule has 2 heterocycles. The Labute approximate surface area is 150 Å². The summed E-state index contributed by atoms with van der Waals surface area (Å²) >= 11 is 0. The summed E-state index contributed by atoms with van der Waals surface area (Å²) in [6.45, 7) is 3.37. The van der Waals surface area contributed by atoms with Crippen LogP contribution in [-0.4, -0.2) is 43.3 Å². The molecule has 0 fully saturated rings. The Hall–Kier alpha value is -3.55. The third-order valence-corrected chi connectivity index (χ3v) is 3.96. The summed E-state index contributed by atoms with van der Waals surface area (Å²) in [5, 5.41) is 19.4. The smallest absolute Gasteiger partial charge is 0.247 e. The van der Waals surface area contributed by atoms with E-state index >= 15 is 0 Å². The van der Waals surface area contributed by atoms with E-state index in [9.17, 15) is 0 Å². The van der Waals surface area contributed by atoms with E-state index in [1.165, 1.54) is 5.56 Å². The maximum atomic E-state index is 4.35. The third kappa shape index (κ3) is 3.30. The molecule has 0 saturated heterocycles. The molecule has 0 radical (unpaired) electrons. The average molecular weight is 346 g/mol. The second-order valence-corrected chi connectivity index (χ2v) is 5.85. The molecule has 0 aliphatic heterocycles. The number of fused-ring (bicyclic) bond motifs is 1. The molecule has 4 rings (SSSR count). The quantitative estimate of drug-likeness (QED) is 0.518. The van der Waals surface area contributed by atoms with Crippen molar-refractivity contribution in [1.29, 1.82) is 0 Å². The molecule has 8 heteroatoms. The van der Waals surface area contributed by atoms with Gasteiger partial charge in [-0.15, -0.1) is 0 Å². The molecule has 0 amide bonds. The summed E-state index contributed by atoms with van der Waals surface area (Å²) in [5.41, 5.74) is 3.01. The highest BCUT2D eigenvalue weighted by molar-refractivity contribution is 5.89. The van der Waals surface area contributed by atoms with Gasteiger partial charge in [-0.2, -0.15) is 4.68 Å². The zero-order chi connectivity index (χ0) is 17.8. The van der Waals surface area contributed by atoms with Crippen molar-refractivity contribution in [2.75, 3.05) is 23.7 Å². The summed E-state index contributed by atoms with van der Waals surface area (Å²) in [4.78, 5) is 8.65. The molecule has 0 unspecified atom stereocenters. The molecule has 0 atom stereocenters. The molecule has 0 aliphatic rings. The molecule has 0 spiro atoms. The highest BCUT2D eigenvalue weighted by Gasteiger charge is 2.07. The molecule has 8 nitrogen and oxygen atoms in total. The molecule has 4 aromatic rings. The predicted molar refractivity (Wildman–Crippen MR) is 100 cm³/mol. The van der Waals surface area contributed by atoms with Crippen molar-refractivity contribution in [3.05, 3.63) is 60.4 Å². The predicted octanol–water partition coefficient (Wildman–Crippen LogP) is 2.44. The normalized spacial score (nSPS) is 10.8. The van der Waals surface area contributed by atoms with E-state index in [-0.39, 0.29) is 0 Å². The largest absolute Gasteiger partial charge is 0.368 e. The molecule has 2 aromatic heterocycles. The second kappa shape index (κ2) is 7.14. The van der Waals surface area contributed by atoms with Gasteiger partial charge in [0.2, 0.25) is 5.95 Å². The number of nitrogens with one attached hydrogen (secondary N) is 2. The fraction of sp³-hybridized carbons (Fsp3) is 0.167. The van der Waals surface area contributed by atoms with Gasteiger partial charge in [-0.3, -0.25) is 0 Å². The van der Waals surface area contributed by atoms with Gasteiger partial charge in [-0.25, -0.2) is 9.97 Å². The number of aromatic nitrogens is 6. The van der Waals surface area contributed by atoms with Gasteiger partial charge in [0, 0.05) is 18.5 Å². The van der Waals surface area contributed by atoms with Crippen molar-refractivity contribution >= 4 is 22.7 Å². The number of hydrogen-bond donors (Lipinski definition) is 2. The van der Waals surface area contributed by atoms with Crippen LogP contribution in [0.5, 0.6) is 0 Å². The minimum absolute atomic E-state index is 0.599. The Balaban J connectivity index is 1.41. The van der Waals surface area contributed by atoms with Crippen LogP contribution in [0.15, 0.2) is 54.9 Å². The van der Waals surface area contributed by atoms with Gasteiger partial charge in [0.05, 0.1) is 11.2 Å². The van der Waals surface area contributed by atoms with Gasteiger partial charge in [-0.1, -0.05) is 34.9 Å². The van der Waals surface area contributed by atoms with Crippen LogP contribution >= 0.6 is 0 Å². The molecule has 2 aromatic carbocycles. The van der Waals surface area contributed by atoms with Crippen LogP contribution < -0.4 is 10.6 Å². The van der Waals surface area contributed by atoms with Crippen molar-refractivity contribution < 1.29 is 0 Å². The summed E-state index contributed by atoms with van der Waals surface area (Å²) in [6, 6.07) is 15.9. The maximum Gasteiger partial charge on any atom is 0.247 e. The Bertz CT molecular complexity index is 1010. The Kier molecular flexibility index (Phi) is 4.38. The van der Waals surface area contributed by atoms with E-state index in [0.29, 0.717) is 19.0 Å². The number of nitrogens with zero attached hydrogens (tertiary/aromatic N) is 6. The highest BCUT2D eigenvalue weighted by atomic mass is 15.6. The number of anilines is 2. The fourth-order valence-electron chi connectivity index (χ4n) is 2.71. The van der Waals surface area contributed by atoms with E-state index < -0.39 is 0 Å². The van der Waals surface area contributed by atoms with Crippen LogP contribution in [0.4, 0.5) is 11.8 Å². The van der Waals surface area contributed by atoms with Gasteiger partial charge < -0.3 is 10.6 Å². The lowest BCUT2D eigenvalue weighted by Gasteiger charge is -2.10. The molecule has 130 valence electrons. The molecule has 2 N–H and O–H groups in total. The van der Waals surface area contributed by atoms with E-state index in [1.807, 2.05) is 42.5 Å². The lowest BCUT2D eigenvalue weighted by Crippen LogP contribution is -2.17. The van der Waals surface area contributed by atoms with Gasteiger partial charge in [0.25, 0.3) is 0 Å². The van der Waals surface area contributed by atoms with E-state index in [0.717, 1.165) is 22.4 Å². The Morgan fingerprint density at radius 3 is 2.69 bits per heavy atom. The summed E-state index contributed by atoms with van der Waals surface area (Å²) in [6.07, 6.45) is 1.57. The molecule has 0 aliphatic carbocycles. The summed E-state index contributed by atoms with van der Waals surface area (Å²) < 4.78 is 1.67. The second-order valence-electron chi connectivity index (χ2n) is 5.85. The van der Waals surface area contributed by atoms with Gasteiger partial charge in [0.15, 0.2) is 0 Å². The number of aryl methyl sites for hydroxylation is 1. The SMILES string of the molecule is Cc1ccc2ncnc(NCCNc3nnnn3-c3ccccc3)c2c1. The fourth-order valence-corrected chi connectivity index (χ4v) is 2.71. The molecule has 0 bridgehead atoms.